The van der Waals surface area contributed by atoms with Crippen molar-refractivity contribution in [1.82, 2.24) is 4.90 Å². The third-order valence-electron chi connectivity index (χ3n) is 4.02. The molecule has 2 atom stereocenters. The highest BCUT2D eigenvalue weighted by molar-refractivity contribution is 5.73. The van der Waals surface area contributed by atoms with Gasteiger partial charge >= 0.3 is 0 Å². The zero-order valence-electron chi connectivity index (χ0n) is 9.48. The number of nitrogens with zero attached hydrogens (tertiary/aromatic N) is 1. The van der Waals surface area contributed by atoms with Crippen LogP contribution in [0.5, 0.6) is 0 Å². The minimum absolute atomic E-state index is 0.153. The van der Waals surface area contributed by atoms with E-state index in [-0.39, 0.29) is 12.0 Å². The lowest BCUT2D eigenvalue weighted by atomic mass is 9.74. The second-order valence-corrected chi connectivity index (χ2v) is 5.05. The average Bonchev–Trinajstić information content (AvgIpc) is 2.15. The summed E-state index contributed by atoms with van der Waals surface area (Å²) < 4.78 is 0. The number of carbonyl (C=O) groups is 1. The first kappa shape index (κ1) is 10.9. The van der Waals surface area contributed by atoms with Gasteiger partial charge in [0.2, 0.25) is 5.91 Å². The number of hydrogen-bond acceptors (Lipinski definition) is 2. The first-order valence-electron chi connectivity index (χ1n) is 6.12. The van der Waals surface area contributed by atoms with E-state index in [0.29, 0.717) is 11.8 Å². The van der Waals surface area contributed by atoms with Gasteiger partial charge in [-0.3, -0.25) is 4.79 Å². The predicted molar refractivity (Wildman–Crippen MR) is 58.3 cm³/mol. The van der Waals surface area contributed by atoms with Crippen molar-refractivity contribution in [3.05, 3.63) is 0 Å². The first-order valence-corrected chi connectivity index (χ1v) is 6.12. The van der Waals surface area contributed by atoms with E-state index in [1.165, 1.54) is 19.3 Å². The second kappa shape index (κ2) is 4.52. The Morgan fingerprint density at radius 1 is 1.27 bits per heavy atom. The van der Waals surface area contributed by atoms with E-state index in [0.717, 1.165) is 25.9 Å². The fraction of sp³-hybridized carbons (Fsp3) is 0.917. The van der Waals surface area contributed by atoms with Gasteiger partial charge in [0.05, 0.1) is 6.10 Å². The van der Waals surface area contributed by atoms with Crippen molar-refractivity contribution in [3.8, 4) is 0 Å². The molecular weight excluding hydrogens is 190 g/mol. The summed E-state index contributed by atoms with van der Waals surface area (Å²) in [7, 11) is 0. The summed E-state index contributed by atoms with van der Waals surface area (Å²) in [6.45, 7) is 3.27. The Balaban J connectivity index is 1.88. The van der Waals surface area contributed by atoms with Crippen molar-refractivity contribution >= 4 is 5.91 Å². The van der Waals surface area contributed by atoms with Crippen LogP contribution in [0, 0.1) is 11.8 Å². The average molecular weight is 211 g/mol. The smallest absolute Gasteiger partial charge is 0.219 e. The largest absolute Gasteiger partial charge is 0.392 e. The third-order valence-corrected chi connectivity index (χ3v) is 4.02. The Labute approximate surface area is 91.5 Å². The van der Waals surface area contributed by atoms with Crippen molar-refractivity contribution in [3.63, 3.8) is 0 Å². The van der Waals surface area contributed by atoms with Crippen molar-refractivity contribution in [2.75, 3.05) is 13.1 Å². The summed E-state index contributed by atoms with van der Waals surface area (Å²) in [5.41, 5.74) is 0. The summed E-state index contributed by atoms with van der Waals surface area (Å²) in [6, 6.07) is 0. The van der Waals surface area contributed by atoms with Gasteiger partial charge < -0.3 is 10.0 Å². The molecule has 2 aliphatic rings. The molecule has 3 nitrogen and oxygen atoms in total. The number of aliphatic hydroxyl groups is 1. The van der Waals surface area contributed by atoms with Crippen LogP contribution in [0.4, 0.5) is 0 Å². The Bertz CT molecular complexity index is 238. The van der Waals surface area contributed by atoms with Crippen LogP contribution in [0.1, 0.15) is 39.0 Å². The Morgan fingerprint density at radius 3 is 2.47 bits per heavy atom. The van der Waals surface area contributed by atoms with Gasteiger partial charge in [-0.1, -0.05) is 6.42 Å². The van der Waals surface area contributed by atoms with Crippen molar-refractivity contribution in [2.24, 2.45) is 11.8 Å². The molecule has 0 aromatic rings. The fourth-order valence-corrected chi connectivity index (χ4v) is 2.74. The molecule has 1 saturated carbocycles. The van der Waals surface area contributed by atoms with Gasteiger partial charge in [-0.15, -0.1) is 0 Å². The summed E-state index contributed by atoms with van der Waals surface area (Å²) in [5, 5.41) is 10.2. The summed E-state index contributed by atoms with van der Waals surface area (Å²) in [4.78, 5) is 13.1. The molecule has 0 aromatic carbocycles. The fourth-order valence-electron chi connectivity index (χ4n) is 2.74. The van der Waals surface area contributed by atoms with E-state index in [1.54, 1.807) is 6.92 Å². The zero-order chi connectivity index (χ0) is 10.8. The van der Waals surface area contributed by atoms with Gasteiger partial charge in [-0.05, 0) is 31.6 Å². The lowest BCUT2D eigenvalue weighted by Crippen LogP contribution is -2.45. The Kier molecular flexibility index (Phi) is 3.29. The number of amides is 1. The van der Waals surface area contributed by atoms with E-state index in [9.17, 15) is 9.90 Å². The van der Waals surface area contributed by atoms with E-state index >= 15 is 0 Å². The van der Waals surface area contributed by atoms with Crippen LogP contribution in [0.15, 0.2) is 0 Å². The van der Waals surface area contributed by atoms with Crippen LogP contribution in [-0.4, -0.2) is 35.1 Å². The van der Waals surface area contributed by atoms with Crippen LogP contribution >= 0.6 is 0 Å². The number of rotatable bonds is 2. The van der Waals surface area contributed by atoms with E-state index in [2.05, 4.69) is 0 Å². The normalized spacial score (nSPS) is 29.7. The maximum absolute atomic E-state index is 11.3. The molecule has 2 fully saturated rings. The second-order valence-electron chi connectivity index (χ2n) is 5.05. The molecule has 0 aromatic heterocycles. The maximum atomic E-state index is 11.3. The number of carbonyl (C=O) groups excluding carboxylic acids is 1. The Morgan fingerprint density at radius 2 is 1.93 bits per heavy atom. The molecule has 0 spiro atoms. The molecule has 1 aliphatic carbocycles. The molecular formula is C12H21NO2. The van der Waals surface area contributed by atoms with Crippen LogP contribution < -0.4 is 0 Å². The van der Waals surface area contributed by atoms with E-state index in [4.69, 9.17) is 0 Å². The molecule has 86 valence electrons. The summed E-state index contributed by atoms with van der Waals surface area (Å²) in [5.74, 6) is 0.996. The topological polar surface area (TPSA) is 40.5 Å². The van der Waals surface area contributed by atoms with E-state index in [1.807, 2.05) is 4.90 Å². The zero-order valence-corrected chi connectivity index (χ0v) is 9.48. The minimum atomic E-state index is -0.166. The molecule has 1 aliphatic heterocycles. The number of hydrogen-bond donors (Lipinski definition) is 1. The summed E-state index contributed by atoms with van der Waals surface area (Å²) >= 11 is 0. The highest BCUT2D eigenvalue weighted by Crippen LogP contribution is 2.35. The van der Waals surface area contributed by atoms with E-state index < -0.39 is 0 Å². The molecule has 2 rings (SSSR count). The number of aliphatic hydroxyl groups excluding tert-OH is 1. The van der Waals surface area contributed by atoms with Crippen molar-refractivity contribution in [1.29, 1.82) is 0 Å². The molecule has 0 bridgehead atoms. The third kappa shape index (κ3) is 2.33. The lowest BCUT2D eigenvalue weighted by molar-refractivity contribution is -0.132. The van der Waals surface area contributed by atoms with Gasteiger partial charge in [-0.2, -0.15) is 0 Å². The van der Waals surface area contributed by atoms with Gasteiger partial charge in [0.15, 0.2) is 0 Å². The van der Waals surface area contributed by atoms with Crippen LogP contribution in [0.2, 0.25) is 0 Å². The highest BCUT2D eigenvalue weighted by atomic mass is 16.3. The highest BCUT2D eigenvalue weighted by Gasteiger charge is 2.34. The lowest BCUT2D eigenvalue weighted by Gasteiger charge is -2.40. The quantitative estimate of drug-likeness (QED) is 0.750. The van der Waals surface area contributed by atoms with Crippen LogP contribution in [0.3, 0.4) is 0 Å². The summed E-state index contributed by atoms with van der Waals surface area (Å²) in [6.07, 6.45) is 5.59. The minimum Gasteiger partial charge on any atom is -0.392 e. The van der Waals surface area contributed by atoms with Crippen molar-refractivity contribution in [2.45, 2.75) is 45.1 Å². The molecule has 1 amide bonds. The first-order chi connectivity index (χ1) is 7.18. The standard InChI is InChI=1S/C12H21NO2/c1-9(14)13-7-3-6-11(8-13)12(15)10-4-2-5-10/h10-12,15H,2-8H2,1H3. The van der Waals surface area contributed by atoms with Gasteiger partial charge in [-0.25, -0.2) is 0 Å². The van der Waals surface area contributed by atoms with Gasteiger partial charge in [0, 0.05) is 25.9 Å². The molecule has 1 saturated heterocycles. The molecule has 3 heteroatoms. The predicted octanol–water partition coefficient (Wildman–Crippen LogP) is 1.41. The molecule has 1 N–H and O–H groups in total. The van der Waals surface area contributed by atoms with Gasteiger partial charge in [0.1, 0.15) is 0 Å². The SMILES string of the molecule is CC(=O)N1CCCC(C(O)C2CCC2)C1. The Hall–Kier alpha value is -0.570. The number of piperidine rings is 1. The maximum Gasteiger partial charge on any atom is 0.219 e. The monoisotopic (exact) mass is 211 g/mol. The molecule has 15 heavy (non-hydrogen) atoms. The van der Waals surface area contributed by atoms with Crippen LogP contribution in [0.25, 0.3) is 0 Å². The van der Waals surface area contributed by atoms with Crippen LogP contribution in [-0.2, 0) is 4.79 Å². The molecule has 0 radical (unpaired) electrons. The van der Waals surface area contributed by atoms with Gasteiger partial charge in [0.25, 0.3) is 0 Å². The molecule has 1 heterocycles. The molecule has 2 unspecified atom stereocenters. The van der Waals surface area contributed by atoms with Crippen molar-refractivity contribution < 1.29 is 9.90 Å². The number of likely N-dealkylation sites (tertiary alicyclic amines) is 1.